The van der Waals surface area contributed by atoms with Gasteiger partial charge in [0.25, 0.3) is 0 Å². The molecule has 1 N–H and O–H groups in total. The molecule has 4 nitrogen and oxygen atoms in total. The molecule has 2 aromatic heterocycles. The van der Waals surface area contributed by atoms with Crippen molar-refractivity contribution >= 4 is 29.0 Å². The molecule has 0 aliphatic carbocycles. The molecule has 0 spiro atoms. The third kappa shape index (κ3) is 5.39. The van der Waals surface area contributed by atoms with Crippen molar-refractivity contribution in [3.8, 4) is 5.69 Å². The van der Waals surface area contributed by atoms with Crippen LogP contribution in [0.5, 0.6) is 0 Å². The molecule has 0 bridgehead atoms. The lowest BCUT2D eigenvalue weighted by Crippen LogP contribution is -1.97. The summed E-state index contributed by atoms with van der Waals surface area (Å²) in [5.41, 5.74) is 7.93. The molecule has 0 aliphatic heterocycles. The Bertz CT molecular complexity index is 1470. The second-order valence-corrected chi connectivity index (χ2v) is 8.64. The quantitative estimate of drug-likeness (QED) is 0.278. The second-order valence-electron chi connectivity index (χ2n) is 8.64. The summed E-state index contributed by atoms with van der Waals surface area (Å²) in [7, 11) is 0. The van der Waals surface area contributed by atoms with Gasteiger partial charge in [-0.2, -0.15) is 0 Å². The zero-order valence-electron chi connectivity index (χ0n) is 19.3. The van der Waals surface area contributed by atoms with Gasteiger partial charge >= 0.3 is 5.97 Å². The SMILES string of the molecule is O=C(O)CCc1ccc2c(c1)c(C=Cc1ccccc1)cn2-c1ccc(Cc2ccncc2)cc1. The molecule has 4 heteroatoms. The van der Waals surface area contributed by atoms with Gasteiger partial charge in [-0.15, -0.1) is 0 Å². The van der Waals surface area contributed by atoms with Gasteiger partial charge in [-0.25, -0.2) is 0 Å². The molecule has 3 aromatic carbocycles. The van der Waals surface area contributed by atoms with Gasteiger partial charge < -0.3 is 9.67 Å². The Hall–Kier alpha value is -4.44. The van der Waals surface area contributed by atoms with Crippen molar-refractivity contribution in [2.45, 2.75) is 19.3 Å². The minimum absolute atomic E-state index is 0.125. The maximum atomic E-state index is 11.1. The average molecular weight is 459 g/mol. The molecule has 0 saturated carbocycles. The Morgan fingerprint density at radius 3 is 2.29 bits per heavy atom. The van der Waals surface area contributed by atoms with Crippen molar-refractivity contribution in [2.24, 2.45) is 0 Å². The molecule has 0 radical (unpaired) electrons. The lowest BCUT2D eigenvalue weighted by atomic mass is 10.0. The van der Waals surface area contributed by atoms with E-state index in [4.69, 9.17) is 5.11 Å². The molecule has 0 amide bonds. The molecule has 5 rings (SSSR count). The average Bonchev–Trinajstić information content (AvgIpc) is 3.26. The van der Waals surface area contributed by atoms with Crippen LogP contribution in [-0.4, -0.2) is 20.6 Å². The summed E-state index contributed by atoms with van der Waals surface area (Å²) in [6.07, 6.45) is 11.6. The summed E-state index contributed by atoms with van der Waals surface area (Å²) in [6.45, 7) is 0. The van der Waals surface area contributed by atoms with E-state index in [1.165, 1.54) is 11.1 Å². The normalized spacial score (nSPS) is 11.3. The zero-order chi connectivity index (χ0) is 24.0. The number of pyridine rings is 1. The van der Waals surface area contributed by atoms with Crippen molar-refractivity contribution in [3.05, 3.63) is 131 Å². The number of aryl methyl sites for hydroxylation is 1. The van der Waals surface area contributed by atoms with Gasteiger partial charge in [0.1, 0.15) is 0 Å². The highest BCUT2D eigenvalue weighted by Gasteiger charge is 2.10. The van der Waals surface area contributed by atoms with Gasteiger partial charge in [-0.1, -0.05) is 60.7 Å². The van der Waals surface area contributed by atoms with Crippen LogP contribution in [0.2, 0.25) is 0 Å². The minimum Gasteiger partial charge on any atom is -0.481 e. The van der Waals surface area contributed by atoms with E-state index < -0.39 is 5.97 Å². The van der Waals surface area contributed by atoms with E-state index in [1.807, 2.05) is 48.8 Å². The van der Waals surface area contributed by atoms with Crippen LogP contribution in [-0.2, 0) is 17.6 Å². The number of hydrogen-bond acceptors (Lipinski definition) is 2. The van der Waals surface area contributed by atoms with Gasteiger partial charge in [-0.3, -0.25) is 9.78 Å². The van der Waals surface area contributed by atoms with Crippen molar-refractivity contribution in [1.82, 2.24) is 9.55 Å². The highest BCUT2D eigenvalue weighted by molar-refractivity contribution is 5.93. The maximum Gasteiger partial charge on any atom is 0.303 e. The molecule has 2 heterocycles. The minimum atomic E-state index is -0.779. The van der Waals surface area contributed by atoms with E-state index in [1.54, 1.807) is 0 Å². The van der Waals surface area contributed by atoms with Gasteiger partial charge in [0.15, 0.2) is 0 Å². The first-order valence-corrected chi connectivity index (χ1v) is 11.7. The lowest BCUT2D eigenvalue weighted by Gasteiger charge is -2.08. The number of nitrogens with zero attached hydrogens (tertiary/aromatic N) is 2. The Labute approximate surface area is 204 Å². The summed E-state index contributed by atoms with van der Waals surface area (Å²) in [4.78, 5) is 15.2. The van der Waals surface area contributed by atoms with Gasteiger partial charge in [0.2, 0.25) is 0 Å². The third-order valence-corrected chi connectivity index (χ3v) is 6.15. The lowest BCUT2D eigenvalue weighted by molar-refractivity contribution is -0.136. The number of carboxylic acids is 1. The van der Waals surface area contributed by atoms with Crippen LogP contribution in [0, 0.1) is 0 Å². The molecular formula is C31H26N2O2. The smallest absolute Gasteiger partial charge is 0.303 e. The summed E-state index contributed by atoms with van der Waals surface area (Å²) in [5.74, 6) is -0.779. The first kappa shape index (κ1) is 22.4. The van der Waals surface area contributed by atoms with Crippen molar-refractivity contribution in [1.29, 1.82) is 0 Å². The number of rotatable bonds is 8. The van der Waals surface area contributed by atoms with Crippen LogP contribution in [0.4, 0.5) is 0 Å². The molecule has 0 fully saturated rings. The largest absolute Gasteiger partial charge is 0.481 e. The molecule has 0 unspecified atom stereocenters. The fourth-order valence-corrected chi connectivity index (χ4v) is 4.32. The molecular weight excluding hydrogens is 432 g/mol. The predicted molar refractivity (Wildman–Crippen MR) is 142 cm³/mol. The number of aromatic nitrogens is 2. The highest BCUT2D eigenvalue weighted by Crippen LogP contribution is 2.28. The number of aliphatic carboxylic acids is 1. The number of fused-ring (bicyclic) bond motifs is 1. The Morgan fingerprint density at radius 1 is 0.829 bits per heavy atom. The number of hydrogen-bond donors (Lipinski definition) is 1. The second kappa shape index (κ2) is 10.2. The summed E-state index contributed by atoms with van der Waals surface area (Å²) in [5, 5.41) is 10.2. The monoisotopic (exact) mass is 458 g/mol. The predicted octanol–water partition coefficient (Wildman–Crippen LogP) is 6.80. The maximum absolute atomic E-state index is 11.1. The summed E-state index contributed by atoms with van der Waals surface area (Å²) < 4.78 is 2.21. The van der Waals surface area contributed by atoms with E-state index in [9.17, 15) is 4.79 Å². The molecule has 0 aliphatic rings. The van der Waals surface area contributed by atoms with E-state index in [2.05, 4.69) is 76.4 Å². The van der Waals surface area contributed by atoms with E-state index in [0.29, 0.717) is 6.42 Å². The zero-order valence-corrected chi connectivity index (χ0v) is 19.3. The van der Waals surface area contributed by atoms with E-state index in [0.717, 1.165) is 39.7 Å². The molecule has 0 atom stereocenters. The summed E-state index contributed by atoms with van der Waals surface area (Å²) in [6, 6.07) is 29.2. The van der Waals surface area contributed by atoms with Crippen LogP contribution in [0.3, 0.4) is 0 Å². The van der Waals surface area contributed by atoms with Crippen molar-refractivity contribution < 1.29 is 9.90 Å². The Kier molecular flexibility index (Phi) is 6.53. The fraction of sp³-hybridized carbons (Fsp3) is 0.0968. The van der Waals surface area contributed by atoms with Crippen LogP contribution >= 0.6 is 0 Å². The third-order valence-electron chi connectivity index (χ3n) is 6.15. The summed E-state index contributed by atoms with van der Waals surface area (Å²) >= 11 is 0. The first-order chi connectivity index (χ1) is 17.2. The van der Waals surface area contributed by atoms with Gasteiger partial charge in [0, 0.05) is 41.6 Å². The van der Waals surface area contributed by atoms with Crippen LogP contribution in [0.25, 0.3) is 28.7 Å². The topological polar surface area (TPSA) is 55.1 Å². The molecule has 172 valence electrons. The van der Waals surface area contributed by atoms with Crippen molar-refractivity contribution in [2.75, 3.05) is 0 Å². The standard InChI is InChI=1S/C31H26N2O2/c34-31(35)15-10-25-9-14-30-29(21-25)27(11-6-23-4-2-1-3-5-23)22-33(30)28-12-7-24(8-13-28)20-26-16-18-32-19-17-26/h1-9,11-14,16-19,21-22H,10,15,20H2,(H,34,35). The Balaban J connectivity index is 1.50. The van der Waals surface area contributed by atoms with Crippen LogP contribution in [0.1, 0.15) is 34.2 Å². The van der Waals surface area contributed by atoms with Crippen LogP contribution in [0.15, 0.2) is 104 Å². The molecule has 0 saturated heterocycles. The number of carbonyl (C=O) groups is 1. The number of benzene rings is 3. The van der Waals surface area contributed by atoms with Crippen molar-refractivity contribution in [3.63, 3.8) is 0 Å². The molecule has 35 heavy (non-hydrogen) atoms. The van der Waals surface area contributed by atoms with Gasteiger partial charge in [0.05, 0.1) is 5.52 Å². The highest BCUT2D eigenvalue weighted by atomic mass is 16.4. The Morgan fingerprint density at radius 2 is 1.54 bits per heavy atom. The first-order valence-electron chi connectivity index (χ1n) is 11.7. The van der Waals surface area contributed by atoms with E-state index >= 15 is 0 Å². The molecule has 5 aromatic rings. The van der Waals surface area contributed by atoms with Gasteiger partial charge in [-0.05, 0) is 71.5 Å². The fourth-order valence-electron chi connectivity index (χ4n) is 4.32. The van der Waals surface area contributed by atoms with Crippen LogP contribution < -0.4 is 0 Å². The number of carboxylic acid groups (broad SMARTS) is 1. The van der Waals surface area contributed by atoms with E-state index in [-0.39, 0.29) is 6.42 Å².